The molecule has 0 atom stereocenters. The van der Waals surface area contributed by atoms with Gasteiger partial charge in [-0.05, 0) is 31.5 Å². The summed E-state index contributed by atoms with van der Waals surface area (Å²) in [4.78, 5) is 30.3. The molecule has 0 spiro atoms. The largest absolute Gasteiger partial charge is 0.337 e. The average molecular weight is 360 g/mol. The summed E-state index contributed by atoms with van der Waals surface area (Å²) in [6, 6.07) is 17.4. The molecule has 27 heavy (non-hydrogen) atoms. The number of hydrogen-bond acceptors (Lipinski definition) is 3. The van der Waals surface area contributed by atoms with Crippen LogP contribution in [0, 0.1) is 6.92 Å². The molecule has 6 nitrogen and oxygen atoms in total. The predicted octanol–water partition coefficient (Wildman–Crippen LogP) is 2.73. The Labute approximate surface area is 156 Å². The zero-order valence-corrected chi connectivity index (χ0v) is 15.3. The highest BCUT2D eigenvalue weighted by Crippen LogP contribution is 2.15. The van der Waals surface area contributed by atoms with Crippen molar-refractivity contribution < 1.29 is 0 Å². The molecule has 4 rings (SSSR count). The third-order valence-corrected chi connectivity index (χ3v) is 4.67. The summed E-state index contributed by atoms with van der Waals surface area (Å²) in [5.74, 6) is 0. The van der Waals surface area contributed by atoms with Gasteiger partial charge in [0.1, 0.15) is 0 Å². The third-order valence-electron chi connectivity index (χ3n) is 4.67. The minimum atomic E-state index is -0.373. The minimum Gasteiger partial charge on any atom is -0.320 e. The van der Waals surface area contributed by atoms with Crippen LogP contribution in [0.2, 0.25) is 0 Å². The normalized spacial score (nSPS) is 11.2. The summed E-state index contributed by atoms with van der Waals surface area (Å²) in [5.41, 5.74) is 3.06. The van der Waals surface area contributed by atoms with Crippen molar-refractivity contribution in [3.8, 4) is 5.69 Å². The summed E-state index contributed by atoms with van der Waals surface area (Å²) in [7, 11) is 0. The van der Waals surface area contributed by atoms with Crippen LogP contribution in [0.15, 0.2) is 70.5 Å². The lowest BCUT2D eigenvalue weighted by Gasteiger charge is -2.11. The third kappa shape index (κ3) is 2.89. The van der Waals surface area contributed by atoms with Crippen LogP contribution >= 0.6 is 0 Å². The standard InChI is InChI=1S/C21H20N4O2/c1-3-24-20(26)18-19(25(21(24)27)17-10-5-4-6-11-17)22-14-23(18)13-16-9-7-8-15(2)12-16/h4-12,14H,3,13H2,1-2H3. The number of para-hydroxylation sites is 1. The molecule has 0 N–H and O–H groups in total. The fraction of sp³-hybridized carbons (Fsp3) is 0.190. The highest BCUT2D eigenvalue weighted by atomic mass is 16.2. The van der Waals surface area contributed by atoms with Crippen LogP contribution in [-0.2, 0) is 13.1 Å². The lowest BCUT2D eigenvalue weighted by Crippen LogP contribution is -2.39. The van der Waals surface area contributed by atoms with E-state index in [1.807, 2.05) is 60.0 Å². The van der Waals surface area contributed by atoms with Gasteiger partial charge in [-0.25, -0.2) is 14.3 Å². The first-order chi connectivity index (χ1) is 13.1. The molecule has 0 amide bonds. The molecular weight excluding hydrogens is 340 g/mol. The molecule has 2 heterocycles. The molecule has 0 aliphatic rings. The van der Waals surface area contributed by atoms with Gasteiger partial charge >= 0.3 is 5.69 Å². The van der Waals surface area contributed by atoms with Crippen LogP contribution in [0.5, 0.6) is 0 Å². The van der Waals surface area contributed by atoms with Crippen molar-refractivity contribution >= 4 is 11.2 Å². The van der Waals surface area contributed by atoms with Crippen molar-refractivity contribution in [1.82, 2.24) is 18.7 Å². The fourth-order valence-corrected chi connectivity index (χ4v) is 3.40. The Morgan fingerprint density at radius 3 is 2.48 bits per heavy atom. The maximum Gasteiger partial charge on any atom is 0.337 e. The zero-order valence-electron chi connectivity index (χ0n) is 15.3. The maximum atomic E-state index is 13.0. The SMILES string of the molecule is CCn1c(=O)c2c(ncn2Cc2cccc(C)c2)n(-c2ccccc2)c1=O. The number of aryl methyl sites for hydroxylation is 1. The van der Waals surface area contributed by atoms with E-state index in [9.17, 15) is 9.59 Å². The molecule has 0 radical (unpaired) electrons. The first-order valence-corrected chi connectivity index (χ1v) is 8.92. The Balaban J connectivity index is 1.99. The van der Waals surface area contributed by atoms with Crippen LogP contribution in [0.4, 0.5) is 0 Å². The van der Waals surface area contributed by atoms with Crippen molar-refractivity contribution in [2.45, 2.75) is 26.9 Å². The second-order valence-corrected chi connectivity index (χ2v) is 6.54. The highest BCUT2D eigenvalue weighted by molar-refractivity contribution is 5.72. The van der Waals surface area contributed by atoms with Gasteiger partial charge in [0.05, 0.1) is 12.0 Å². The van der Waals surface area contributed by atoms with E-state index in [-0.39, 0.29) is 11.2 Å². The molecule has 2 aromatic heterocycles. The van der Waals surface area contributed by atoms with E-state index in [1.54, 1.807) is 13.3 Å². The number of imidazole rings is 1. The fourth-order valence-electron chi connectivity index (χ4n) is 3.40. The van der Waals surface area contributed by atoms with Crippen molar-refractivity contribution in [1.29, 1.82) is 0 Å². The van der Waals surface area contributed by atoms with Crippen molar-refractivity contribution in [3.63, 3.8) is 0 Å². The smallest absolute Gasteiger partial charge is 0.320 e. The second kappa shape index (κ2) is 6.72. The van der Waals surface area contributed by atoms with E-state index in [1.165, 1.54) is 9.13 Å². The number of rotatable bonds is 4. The number of aromatic nitrogens is 4. The number of hydrogen-bond donors (Lipinski definition) is 0. The molecule has 0 unspecified atom stereocenters. The molecule has 4 aromatic rings. The van der Waals surface area contributed by atoms with Gasteiger partial charge in [0, 0.05) is 13.1 Å². The van der Waals surface area contributed by atoms with Gasteiger partial charge in [-0.1, -0.05) is 48.0 Å². The first kappa shape index (κ1) is 17.0. The highest BCUT2D eigenvalue weighted by Gasteiger charge is 2.18. The summed E-state index contributed by atoms with van der Waals surface area (Å²) in [6.45, 7) is 4.65. The minimum absolute atomic E-state index is 0.302. The van der Waals surface area contributed by atoms with Crippen molar-refractivity contribution in [2.24, 2.45) is 0 Å². The number of benzene rings is 2. The van der Waals surface area contributed by atoms with E-state index in [0.717, 1.165) is 11.1 Å². The van der Waals surface area contributed by atoms with Gasteiger partial charge < -0.3 is 4.57 Å². The molecule has 2 aromatic carbocycles. The molecule has 0 saturated heterocycles. The lowest BCUT2D eigenvalue weighted by molar-refractivity contribution is 0.655. The number of fused-ring (bicyclic) bond motifs is 1. The topological polar surface area (TPSA) is 61.8 Å². The van der Waals surface area contributed by atoms with Gasteiger partial charge in [-0.3, -0.25) is 9.36 Å². The molecule has 0 aliphatic heterocycles. The van der Waals surface area contributed by atoms with E-state index in [4.69, 9.17) is 0 Å². The van der Waals surface area contributed by atoms with E-state index in [0.29, 0.717) is 29.9 Å². The molecule has 6 heteroatoms. The molecule has 0 bridgehead atoms. The Morgan fingerprint density at radius 1 is 1.00 bits per heavy atom. The van der Waals surface area contributed by atoms with Crippen LogP contribution in [0.25, 0.3) is 16.9 Å². The zero-order chi connectivity index (χ0) is 19.0. The Kier molecular flexibility index (Phi) is 4.24. The molecule has 0 aliphatic carbocycles. The van der Waals surface area contributed by atoms with Gasteiger partial charge in [0.2, 0.25) is 0 Å². The van der Waals surface area contributed by atoms with Gasteiger partial charge in [0.25, 0.3) is 5.56 Å². The van der Waals surface area contributed by atoms with Crippen molar-refractivity contribution in [2.75, 3.05) is 0 Å². The van der Waals surface area contributed by atoms with Crippen LogP contribution in [0.3, 0.4) is 0 Å². The number of nitrogens with zero attached hydrogens (tertiary/aromatic N) is 4. The first-order valence-electron chi connectivity index (χ1n) is 8.92. The second-order valence-electron chi connectivity index (χ2n) is 6.54. The summed E-state index contributed by atoms with van der Waals surface area (Å²) in [6.07, 6.45) is 1.63. The maximum absolute atomic E-state index is 13.0. The van der Waals surface area contributed by atoms with Crippen LogP contribution < -0.4 is 11.2 Å². The summed E-state index contributed by atoms with van der Waals surface area (Å²) in [5, 5.41) is 0. The molecule has 136 valence electrons. The quantitative estimate of drug-likeness (QED) is 0.562. The summed E-state index contributed by atoms with van der Waals surface area (Å²) >= 11 is 0. The summed E-state index contributed by atoms with van der Waals surface area (Å²) < 4.78 is 4.58. The molecule has 0 saturated carbocycles. The average Bonchev–Trinajstić information content (AvgIpc) is 3.06. The van der Waals surface area contributed by atoms with Crippen molar-refractivity contribution in [3.05, 3.63) is 92.9 Å². The van der Waals surface area contributed by atoms with E-state index < -0.39 is 0 Å². The van der Waals surface area contributed by atoms with Crippen LogP contribution in [0.1, 0.15) is 18.1 Å². The Bertz CT molecular complexity index is 1230. The van der Waals surface area contributed by atoms with Gasteiger partial charge in [-0.15, -0.1) is 0 Å². The van der Waals surface area contributed by atoms with E-state index in [2.05, 4.69) is 11.1 Å². The van der Waals surface area contributed by atoms with Gasteiger partial charge in [0.15, 0.2) is 11.2 Å². The Hall–Kier alpha value is -3.41. The lowest BCUT2D eigenvalue weighted by atomic mass is 10.1. The monoisotopic (exact) mass is 360 g/mol. The predicted molar refractivity (Wildman–Crippen MR) is 106 cm³/mol. The van der Waals surface area contributed by atoms with Gasteiger partial charge in [-0.2, -0.15) is 0 Å². The molecule has 0 fully saturated rings. The Morgan fingerprint density at radius 2 is 1.78 bits per heavy atom. The molecular formula is C21H20N4O2. The van der Waals surface area contributed by atoms with E-state index >= 15 is 0 Å². The van der Waals surface area contributed by atoms with Crippen LogP contribution in [-0.4, -0.2) is 18.7 Å².